The smallest absolute Gasteiger partial charge is 0.262 e. The maximum atomic E-state index is 13.2. The molecule has 0 aromatic heterocycles. The van der Waals surface area contributed by atoms with Crippen molar-refractivity contribution in [1.82, 2.24) is 4.31 Å². The van der Waals surface area contributed by atoms with E-state index in [1.54, 1.807) is 36.4 Å². The van der Waals surface area contributed by atoms with Crippen molar-refractivity contribution >= 4 is 33.1 Å². The van der Waals surface area contributed by atoms with Gasteiger partial charge < -0.3 is 15.0 Å². The number of ketones is 1. The molecule has 1 amide bonds. The maximum Gasteiger partial charge on any atom is 0.262 e. The highest BCUT2D eigenvalue weighted by Gasteiger charge is 2.27. The van der Waals surface area contributed by atoms with Crippen LogP contribution in [0, 0.1) is 0 Å². The third-order valence-electron chi connectivity index (χ3n) is 5.91. The monoisotopic (exact) mass is 487 g/mol. The molecular weight excluding hydrogens is 454 g/mol. The second-order valence-electron chi connectivity index (χ2n) is 8.24. The zero-order valence-electron chi connectivity index (χ0n) is 20.0. The zero-order chi connectivity index (χ0) is 24.7. The Labute approximate surface area is 201 Å². The summed E-state index contributed by atoms with van der Waals surface area (Å²) in [5, 5.41) is 2.83. The second kappa shape index (κ2) is 11.5. The molecule has 1 saturated heterocycles. The summed E-state index contributed by atoms with van der Waals surface area (Å²) < 4.78 is 33.5. The number of benzene rings is 2. The van der Waals surface area contributed by atoms with Gasteiger partial charge in [-0.15, -0.1) is 0 Å². The van der Waals surface area contributed by atoms with Crippen LogP contribution in [0.15, 0.2) is 47.4 Å². The minimum atomic E-state index is -3.64. The van der Waals surface area contributed by atoms with Crippen LogP contribution >= 0.6 is 0 Å². The van der Waals surface area contributed by atoms with Gasteiger partial charge in [-0.25, -0.2) is 8.42 Å². The summed E-state index contributed by atoms with van der Waals surface area (Å²) in [4.78, 5) is 26.5. The first-order chi connectivity index (χ1) is 16.3. The predicted molar refractivity (Wildman–Crippen MR) is 133 cm³/mol. The van der Waals surface area contributed by atoms with Crippen LogP contribution < -0.4 is 15.0 Å². The number of ether oxygens (including phenoxy) is 1. The molecule has 184 valence electrons. The average molecular weight is 488 g/mol. The van der Waals surface area contributed by atoms with Crippen molar-refractivity contribution < 1.29 is 22.7 Å². The minimum Gasteiger partial charge on any atom is -0.484 e. The SMILES string of the molecule is CCN(CC)c1ccc(S(=O)(=O)N2CCCCC2)cc1NC(=O)COc1cccc(C(C)=O)c1. The predicted octanol–water partition coefficient (Wildman–Crippen LogP) is 3.93. The van der Waals surface area contributed by atoms with E-state index >= 15 is 0 Å². The van der Waals surface area contributed by atoms with Crippen molar-refractivity contribution in [3.05, 3.63) is 48.0 Å². The second-order valence-corrected chi connectivity index (χ2v) is 10.2. The van der Waals surface area contributed by atoms with Gasteiger partial charge in [-0.3, -0.25) is 9.59 Å². The first-order valence-electron chi connectivity index (χ1n) is 11.7. The van der Waals surface area contributed by atoms with Gasteiger partial charge in [-0.1, -0.05) is 18.6 Å². The Morgan fingerprint density at radius 3 is 2.38 bits per heavy atom. The molecule has 8 nitrogen and oxygen atoms in total. The van der Waals surface area contributed by atoms with Crippen LogP contribution in [0.3, 0.4) is 0 Å². The van der Waals surface area contributed by atoms with Crippen LogP contribution in [0.2, 0.25) is 0 Å². The number of hydrogen-bond donors (Lipinski definition) is 1. The molecule has 1 heterocycles. The van der Waals surface area contributed by atoms with E-state index in [1.807, 2.05) is 18.7 Å². The highest BCUT2D eigenvalue weighted by Crippen LogP contribution is 2.31. The number of carbonyl (C=O) groups is 2. The molecule has 9 heteroatoms. The molecule has 0 saturated carbocycles. The Morgan fingerprint density at radius 2 is 1.74 bits per heavy atom. The minimum absolute atomic E-state index is 0.0921. The first-order valence-corrected chi connectivity index (χ1v) is 13.1. The van der Waals surface area contributed by atoms with Gasteiger partial charge in [0, 0.05) is 31.7 Å². The van der Waals surface area contributed by atoms with Crippen molar-refractivity contribution in [3.8, 4) is 5.75 Å². The molecule has 1 aliphatic heterocycles. The number of anilines is 2. The van der Waals surface area contributed by atoms with E-state index in [4.69, 9.17) is 4.74 Å². The number of piperidine rings is 1. The van der Waals surface area contributed by atoms with E-state index in [0.29, 0.717) is 43.2 Å². The van der Waals surface area contributed by atoms with Crippen LogP contribution in [0.25, 0.3) is 0 Å². The van der Waals surface area contributed by atoms with E-state index in [1.165, 1.54) is 17.3 Å². The molecule has 0 unspecified atom stereocenters. The fraction of sp³-hybridized carbons (Fsp3) is 0.440. The van der Waals surface area contributed by atoms with E-state index in [9.17, 15) is 18.0 Å². The van der Waals surface area contributed by atoms with E-state index in [2.05, 4.69) is 5.32 Å². The molecule has 0 radical (unpaired) electrons. The maximum absolute atomic E-state index is 13.2. The molecule has 3 rings (SSSR count). The van der Waals surface area contributed by atoms with Gasteiger partial charge in [0.25, 0.3) is 5.91 Å². The first kappa shape index (κ1) is 25.7. The van der Waals surface area contributed by atoms with Gasteiger partial charge in [0.2, 0.25) is 10.0 Å². The summed E-state index contributed by atoms with van der Waals surface area (Å²) in [6.07, 6.45) is 2.73. The Kier molecular flexibility index (Phi) is 8.68. The summed E-state index contributed by atoms with van der Waals surface area (Å²) in [5.41, 5.74) is 1.67. The molecule has 1 fully saturated rings. The van der Waals surface area contributed by atoms with Crippen LogP contribution in [-0.2, 0) is 14.8 Å². The van der Waals surface area contributed by atoms with E-state index in [0.717, 1.165) is 24.9 Å². The molecule has 2 aromatic rings. The summed E-state index contributed by atoms with van der Waals surface area (Å²) >= 11 is 0. The number of hydrogen-bond acceptors (Lipinski definition) is 6. The largest absolute Gasteiger partial charge is 0.484 e. The normalized spacial score (nSPS) is 14.4. The molecule has 0 bridgehead atoms. The number of Topliss-reactive ketones (excluding diaryl/α,β-unsaturated/α-hetero) is 1. The summed E-state index contributed by atoms with van der Waals surface area (Å²) in [6, 6.07) is 11.5. The highest BCUT2D eigenvalue weighted by molar-refractivity contribution is 7.89. The fourth-order valence-electron chi connectivity index (χ4n) is 4.01. The molecule has 0 spiro atoms. The van der Waals surface area contributed by atoms with Crippen LogP contribution in [0.5, 0.6) is 5.75 Å². The highest BCUT2D eigenvalue weighted by atomic mass is 32.2. The Balaban J connectivity index is 1.82. The standard InChI is InChI=1S/C25H33N3O5S/c1-4-27(5-2)24-13-12-22(34(31,32)28-14-7-6-8-15-28)17-23(24)26-25(30)18-33-21-11-9-10-20(16-21)19(3)29/h9-13,16-17H,4-8,14-15,18H2,1-3H3,(H,26,30). The summed E-state index contributed by atoms with van der Waals surface area (Å²) in [6.45, 7) is 7.60. The lowest BCUT2D eigenvalue weighted by Crippen LogP contribution is -2.35. The number of nitrogens with zero attached hydrogens (tertiary/aromatic N) is 2. The third kappa shape index (κ3) is 6.15. The number of sulfonamides is 1. The summed E-state index contributed by atoms with van der Waals surface area (Å²) in [5.74, 6) is -0.104. The van der Waals surface area contributed by atoms with E-state index < -0.39 is 15.9 Å². The van der Waals surface area contributed by atoms with Gasteiger partial charge >= 0.3 is 0 Å². The van der Waals surface area contributed by atoms with Crippen molar-refractivity contribution in [2.45, 2.75) is 44.9 Å². The van der Waals surface area contributed by atoms with Gasteiger partial charge in [-0.05, 0) is 63.9 Å². The van der Waals surface area contributed by atoms with Gasteiger partial charge in [0.05, 0.1) is 16.3 Å². The van der Waals surface area contributed by atoms with Gasteiger partial charge in [0.1, 0.15) is 5.75 Å². The van der Waals surface area contributed by atoms with Gasteiger partial charge in [-0.2, -0.15) is 4.31 Å². The Bertz CT molecular complexity index is 1120. The molecule has 0 atom stereocenters. The fourth-order valence-corrected chi connectivity index (χ4v) is 5.55. The lowest BCUT2D eigenvalue weighted by atomic mass is 10.1. The van der Waals surface area contributed by atoms with Crippen molar-refractivity contribution in [2.24, 2.45) is 0 Å². The molecule has 1 aliphatic rings. The Morgan fingerprint density at radius 1 is 1.03 bits per heavy atom. The Hall–Kier alpha value is -2.91. The van der Waals surface area contributed by atoms with Gasteiger partial charge in [0.15, 0.2) is 12.4 Å². The molecule has 2 aromatic carbocycles. The average Bonchev–Trinajstić information content (AvgIpc) is 2.85. The quantitative estimate of drug-likeness (QED) is 0.510. The molecular formula is C25H33N3O5S. The van der Waals surface area contributed by atoms with E-state index in [-0.39, 0.29) is 17.3 Å². The number of nitrogens with one attached hydrogen (secondary N) is 1. The lowest BCUT2D eigenvalue weighted by molar-refractivity contribution is -0.118. The van der Waals surface area contributed by atoms with Crippen molar-refractivity contribution in [3.63, 3.8) is 0 Å². The van der Waals surface area contributed by atoms with Crippen molar-refractivity contribution in [1.29, 1.82) is 0 Å². The third-order valence-corrected chi connectivity index (χ3v) is 7.80. The molecule has 0 aliphatic carbocycles. The zero-order valence-corrected chi connectivity index (χ0v) is 20.9. The summed E-state index contributed by atoms with van der Waals surface area (Å²) in [7, 11) is -3.64. The lowest BCUT2D eigenvalue weighted by Gasteiger charge is -2.28. The van der Waals surface area contributed by atoms with Crippen LogP contribution in [0.4, 0.5) is 11.4 Å². The van der Waals surface area contributed by atoms with Crippen molar-refractivity contribution in [2.75, 3.05) is 43.0 Å². The number of amides is 1. The number of rotatable bonds is 10. The molecule has 34 heavy (non-hydrogen) atoms. The van der Waals surface area contributed by atoms with Crippen LogP contribution in [0.1, 0.15) is 50.4 Å². The van der Waals surface area contributed by atoms with Crippen LogP contribution in [-0.4, -0.2) is 57.2 Å². The topological polar surface area (TPSA) is 96.0 Å². The number of carbonyl (C=O) groups excluding carboxylic acids is 2. The molecule has 1 N–H and O–H groups in total.